The summed E-state index contributed by atoms with van der Waals surface area (Å²) in [6.07, 6.45) is 2.20. The van der Waals surface area contributed by atoms with Crippen molar-refractivity contribution in [1.82, 2.24) is 15.3 Å². The highest BCUT2D eigenvalue weighted by Crippen LogP contribution is 2.22. The molecule has 0 fully saturated rings. The number of ether oxygens (including phenoxy) is 2. The van der Waals surface area contributed by atoms with E-state index < -0.39 is 0 Å². The van der Waals surface area contributed by atoms with Gasteiger partial charge in [-0.3, -0.25) is 4.79 Å². The average molecular weight is 415 g/mol. The Morgan fingerprint density at radius 2 is 2.00 bits per heavy atom. The van der Waals surface area contributed by atoms with Crippen LogP contribution in [-0.2, 0) is 17.7 Å². The van der Waals surface area contributed by atoms with Crippen molar-refractivity contribution in [1.29, 1.82) is 0 Å². The summed E-state index contributed by atoms with van der Waals surface area (Å²) >= 11 is 1.34. The number of halogens is 1. The molecule has 1 amide bonds. The first-order valence-corrected chi connectivity index (χ1v) is 9.93. The summed E-state index contributed by atoms with van der Waals surface area (Å²) in [7, 11) is 1.60. The third kappa shape index (κ3) is 5.82. The molecule has 0 aliphatic carbocycles. The summed E-state index contributed by atoms with van der Waals surface area (Å²) < 4.78 is 23.6. The highest BCUT2D eigenvalue weighted by atomic mass is 32.1. The van der Waals surface area contributed by atoms with Crippen molar-refractivity contribution in [2.75, 3.05) is 20.3 Å². The summed E-state index contributed by atoms with van der Waals surface area (Å²) in [5.74, 6) is 0.00466. The molecule has 0 aliphatic rings. The number of nitrogens with one attached hydrogen (secondary N) is 1. The van der Waals surface area contributed by atoms with Gasteiger partial charge in [0.05, 0.1) is 17.3 Å². The van der Waals surface area contributed by atoms with E-state index in [0.29, 0.717) is 42.6 Å². The van der Waals surface area contributed by atoms with Crippen LogP contribution in [0.15, 0.2) is 42.6 Å². The number of carbonyl (C=O) groups excluding carboxylic acids is 1. The van der Waals surface area contributed by atoms with Crippen LogP contribution in [0.1, 0.15) is 31.5 Å². The molecule has 0 bridgehead atoms. The SMILES string of the molecule is COCCOc1ncccc1CNC(=O)c1sc(Cc2ccc(F)cc2)nc1C. The molecule has 0 atom stereocenters. The van der Waals surface area contributed by atoms with Crippen molar-refractivity contribution >= 4 is 17.2 Å². The smallest absolute Gasteiger partial charge is 0.263 e. The summed E-state index contributed by atoms with van der Waals surface area (Å²) in [5, 5.41) is 3.71. The first-order valence-electron chi connectivity index (χ1n) is 9.11. The van der Waals surface area contributed by atoms with Gasteiger partial charge in [-0.05, 0) is 30.7 Å². The molecular formula is C21H22FN3O3S. The zero-order valence-corrected chi connectivity index (χ0v) is 17.1. The monoisotopic (exact) mass is 415 g/mol. The molecule has 29 heavy (non-hydrogen) atoms. The van der Waals surface area contributed by atoms with Crippen LogP contribution in [0.25, 0.3) is 0 Å². The zero-order chi connectivity index (χ0) is 20.6. The van der Waals surface area contributed by atoms with Gasteiger partial charge in [0.25, 0.3) is 5.91 Å². The number of thiazole rings is 1. The van der Waals surface area contributed by atoms with Crippen molar-refractivity contribution in [3.8, 4) is 5.88 Å². The number of carbonyl (C=O) groups is 1. The number of pyridine rings is 1. The zero-order valence-electron chi connectivity index (χ0n) is 16.3. The summed E-state index contributed by atoms with van der Waals surface area (Å²) in [6, 6.07) is 9.93. The van der Waals surface area contributed by atoms with Gasteiger partial charge in [-0.25, -0.2) is 14.4 Å². The molecule has 0 radical (unpaired) electrons. The Bertz CT molecular complexity index is 960. The van der Waals surface area contributed by atoms with Crippen LogP contribution in [0.2, 0.25) is 0 Å². The summed E-state index contributed by atoms with van der Waals surface area (Å²) in [4.78, 5) is 21.9. The molecule has 8 heteroatoms. The van der Waals surface area contributed by atoms with Crippen LogP contribution >= 0.6 is 11.3 Å². The molecule has 6 nitrogen and oxygen atoms in total. The van der Waals surface area contributed by atoms with Crippen LogP contribution in [0.3, 0.4) is 0 Å². The third-order valence-electron chi connectivity index (χ3n) is 4.13. The highest BCUT2D eigenvalue weighted by Gasteiger charge is 2.16. The minimum Gasteiger partial charge on any atom is -0.475 e. The number of aryl methyl sites for hydroxylation is 1. The maximum absolute atomic E-state index is 13.1. The lowest BCUT2D eigenvalue weighted by Crippen LogP contribution is -2.23. The number of benzene rings is 1. The lowest BCUT2D eigenvalue weighted by molar-refractivity contribution is 0.0953. The van der Waals surface area contributed by atoms with E-state index >= 15 is 0 Å². The Balaban J connectivity index is 1.63. The topological polar surface area (TPSA) is 73.3 Å². The Kier molecular flexibility index (Phi) is 7.26. The lowest BCUT2D eigenvalue weighted by atomic mass is 10.1. The quantitative estimate of drug-likeness (QED) is 0.541. The molecule has 0 unspecified atom stereocenters. The molecule has 152 valence electrons. The second kappa shape index (κ2) is 10.1. The molecule has 0 saturated carbocycles. The first kappa shape index (κ1) is 20.9. The fourth-order valence-corrected chi connectivity index (χ4v) is 3.70. The number of aromatic nitrogens is 2. The van der Waals surface area contributed by atoms with Crippen LogP contribution in [0.4, 0.5) is 4.39 Å². The van der Waals surface area contributed by atoms with Gasteiger partial charge in [-0.15, -0.1) is 11.3 Å². The van der Waals surface area contributed by atoms with Gasteiger partial charge in [0.15, 0.2) is 0 Å². The fraction of sp³-hybridized carbons (Fsp3) is 0.286. The maximum atomic E-state index is 13.1. The number of hydrogen-bond donors (Lipinski definition) is 1. The van der Waals surface area contributed by atoms with E-state index in [2.05, 4.69) is 15.3 Å². The molecule has 1 N–H and O–H groups in total. The van der Waals surface area contributed by atoms with Gasteiger partial charge in [0, 0.05) is 31.8 Å². The normalized spacial score (nSPS) is 10.7. The summed E-state index contributed by atoms with van der Waals surface area (Å²) in [5.41, 5.74) is 2.40. The molecule has 3 aromatic rings. The van der Waals surface area contributed by atoms with Crippen molar-refractivity contribution in [2.24, 2.45) is 0 Å². The number of methoxy groups -OCH3 is 1. The van der Waals surface area contributed by atoms with Crippen LogP contribution < -0.4 is 10.1 Å². The van der Waals surface area contributed by atoms with Crippen molar-refractivity contribution in [3.63, 3.8) is 0 Å². The molecule has 2 aromatic heterocycles. The van der Waals surface area contributed by atoms with E-state index in [1.54, 1.807) is 31.5 Å². The van der Waals surface area contributed by atoms with E-state index in [1.165, 1.54) is 23.5 Å². The maximum Gasteiger partial charge on any atom is 0.263 e. The van der Waals surface area contributed by atoms with Gasteiger partial charge in [-0.2, -0.15) is 0 Å². The number of rotatable bonds is 9. The van der Waals surface area contributed by atoms with Gasteiger partial charge in [0.1, 0.15) is 17.3 Å². The van der Waals surface area contributed by atoms with E-state index in [1.807, 2.05) is 13.0 Å². The highest BCUT2D eigenvalue weighted by molar-refractivity contribution is 7.13. The fourth-order valence-electron chi connectivity index (χ4n) is 2.68. The van der Waals surface area contributed by atoms with Gasteiger partial charge < -0.3 is 14.8 Å². The minimum atomic E-state index is -0.273. The Morgan fingerprint density at radius 1 is 1.21 bits per heavy atom. The third-order valence-corrected chi connectivity index (χ3v) is 5.29. The predicted molar refractivity (Wildman–Crippen MR) is 109 cm³/mol. The van der Waals surface area contributed by atoms with Crippen LogP contribution in [0, 0.1) is 12.7 Å². The molecule has 0 saturated heterocycles. The molecule has 2 heterocycles. The second-order valence-electron chi connectivity index (χ2n) is 6.32. The standard InChI is InChI=1S/C21H22FN3O3S/c1-14-19(29-18(25-14)12-15-5-7-17(22)8-6-15)20(26)24-13-16-4-3-9-23-21(16)28-11-10-27-2/h3-9H,10-13H2,1-2H3,(H,24,26). The minimum absolute atomic E-state index is 0.197. The summed E-state index contributed by atoms with van der Waals surface area (Å²) in [6.45, 7) is 2.94. The number of hydrogen-bond acceptors (Lipinski definition) is 6. The first-order chi connectivity index (χ1) is 14.1. The molecular weight excluding hydrogens is 393 g/mol. The van der Waals surface area contributed by atoms with E-state index in [-0.39, 0.29) is 11.7 Å². The van der Waals surface area contributed by atoms with Crippen molar-refractivity contribution in [2.45, 2.75) is 19.9 Å². The molecule has 0 spiro atoms. The Hall–Kier alpha value is -2.84. The van der Waals surface area contributed by atoms with Crippen molar-refractivity contribution in [3.05, 3.63) is 75.1 Å². The lowest BCUT2D eigenvalue weighted by Gasteiger charge is -2.10. The average Bonchev–Trinajstić information content (AvgIpc) is 3.09. The van der Waals surface area contributed by atoms with Crippen LogP contribution in [0.5, 0.6) is 5.88 Å². The second-order valence-corrected chi connectivity index (χ2v) is 7.40. The number of nitrogens with zero attached hydrogens (tertiary/aromatic N) is 2. The van der Waals surface area contributed by atoms with Crippen LogP contribution in [-0.4, -0.2) is 36.2 Å². The van der Waals surface area contributed by atoms with Gasteiger partial charge >= 0.3 is 0 Å². The van der Waals surface area contributed by atoms with Gasteiger partial charge in [-0.1, -0.05) is 18.2 Å². The van der Waals surface area contributed by atoms with Gasteiger partial charge in [0.2, 0.25) is 5.88 Å². The van der Waals surface area contributed by atoms with Crippen molar-refractivity contribution < 1.29 is 18.7 Å². The van der Waals surface area contributed by atoms with E-state index in [4.69, 9.17) is 9.47 Å². The molecule has 3 rings (SSSR count). The Morgan fingerprint density at radius 3 is 2.76 bits per heavy atom. The van der Waals surface area contributed by atoms with E-state index in [0.717, 1.165) is 16.1 Å². The number of amides is 1. The Labute approximate surface area is 172 Å². The largest absolute Gasteiger partial charge is 0.475 e. The van der Waals surface area contributed by atoms with E-state index in [9.17, 15) is 9.18 Å². The molecule has 1 aromatic carbocycles. The molecule has 0 aliphatic heterocycles. The predicted octanol–water partition coefficient (Wildman–Crippen LogP) is 3.53.